The summed E-state index contributed by atoms with van der Waals surface area (Å²) in [5.41, 5.74) is 1.25. The van der Waals surface area contributed by atoms with Gasteiger partial charge in [0.25, 0.3) is 5.92 Å². The summed E-state index contributed by atoms with van der Waals surface area (Å²) in [5.74, 6) is -0.910. The molecule has 4 aliphatic heterocycles. The third-order valence-electron chi connectivity index (χ3n) is 10.5. The number of pyridine rings is 2. The Labute approximate surface area is 269 Å². The lowest BCUT2D eigenvalue weighted by Gasteiger charge is -2.43. The number of alkyl halides is 2. The van der Waals surface area contributed by atoms with Crippen LogP contribution in [0.25, 0.3) is 32.8 Å². The molecule has 4 atom stereocenters. The lowest BCUT2D eigenvalue weighted by atomic mass is 9.94. The standard InChI is InChI=1S/C36H35F4N5O2/c1-4-23-25(37)9-7-20-14-22(46)15-24(29(20)23)32-31(38)28-18(2)26(6-5-12-44-13-11-36(39,40)17-44)42-34-30(28)35(43-32)47-19(3)33-27-10-8-21(41-27)16-45(33)34/h1,7,9,14-15,19,21,27,33,41,46H,5-6,8,10-13,16-17H2,2-3H3/t19-,21+,27-,33+/m0/s1. The van der Waals surface area contributed by atoms with Gasteiger partial charge in [0.05, 0.1) is 23.5 Å². The van der Waals surface area contributed by atoms with E-state index in [-0.39, 0.29) is 76.4 Å². The average molecular weight is 646 g/mol. The van der Waals surface area contributed by atoms with Crippen molar-refractivity contribution in [3.8, 4) is 35.2 Å². The molecule has 0 amide bonds. The van der Waals surface area contributed by atoms with Crippen LogP contribution in [0.1, 0.15) is 49.4 Å². The number of anilines is 1. The van der Waals surface area contributed by atoms with E-state index in [1.807, 2.05) is 13.8 Å². The van der Waals surface area contributed by atoms with Gasteiger partial charge < -0.3 is 20.1 Å². The SMILES string of the molecule is C#Cc1c(F)ccc2cc(O)cc(-c3nc4c5c(nc(CCCN6CCC(F)(F)C6)c(C)c5c3F)N3C[C@H]5CC[C@H](N5)[C@H]3[C@H](C)O4)c12. The molecule has 7 nitrogen and oxygen atoms in total. The van der Waals surface area contributed by atoms with Crippen molar-refractivity contribution in [1.29, 1.82) is 0 Å². The largest absolute Gasteiger partial charge is 0.508 e. The van der Waals surface area contributed by atoms with Crippen molar-refractivity contribution >= 4 is 27.4 Å². The molecule has 11 heteroatoms. The highest BCUT2D eigenvalue weighted by atomic mass is 19.3. The van der Waals surface area contributed by atoms with Crippen LogP contribution in [0, 0.1) is 30.9 Å². The highest BCUT2D eigenvalue weighted by molar-refractivity contribution is 6.06. The minimum absolute atomic E-state index is 0.0569. The number of rotatable bonds is 5. The molecule has 2 aromatic carbocycles. The van der Waals surface area contributed by atoms with Crippen LogP contribution in [0.2, 0.25) is 0 Å². The number of hydrogen-bond acceptors (Lipinski definition) is 7. The molecule has 244 valence electrons. The van der Waals surface area contributed by atoms with Gasteiger partial charge in [-0.05, 0) is 75.2 Å². The molecular formula is C36H35F4N5O2. The third kappa shape index (κ3) is 4.87. The van der Waals surface area contributed by atoms with E-state index in [4.69, 9.17) is 21.1 Å². The molecule has 47 heavy (non-hydrogen) atoms. The lowest BCUT2D eigenvalue weighted by molar-refractivity contribution is 0.0122. The fourth-order valence-electron chi connectivity index (χ4n) is 8.34. The first kappa shape index (κ1) is 30.2. The maximum absolute atomic E-state index is 17.3. The molecule has 4 aromatic rings. The molecule has 0 saturated carbocycles. The van der Waals surface area contributed by atoms with Crippen molar-refractivity contribution in [2.75, 3.05) is 31.1 Å². The number of phenolic OH excluding ortho intramolecular Hbond substituents is 1. The van der Waals surface area contributed by atoms with Crippen LogP contribution in [0.4, 0.5) is 23.4 Å². The predicted molar refractivity (Wildman–Crippen MR) is 172 cm³/mol. The van der Waals surface area contributed by atoms with Crippen LogP contribution in [0.15, 0.2) is 24.3 Å². The van der Waals surface area contributed by atoms with Crippen molar-refractivity contribution in [1.82, 2.24) is 20.2 Å². The number of aromatic nitrogens is 2. The number of ether oxygens (including phenoxy) is 1. The number of halogens is 4. The second-order valence-corrected chi connectivity index (χ2v) is 13.5. The summed E-state index contributed by atoms with van der Waals surface area (Å²) in [6, 6.07) is 5.84. The molecule has 2 aromatic heterocycles. The van der Waals surface area contributed by atoms with Gasteiger partial charge in [-0.25, -0.2) is 27.5 Å². The Morgan fingerprint density at radius 3 is 2.74 bits per heavy atom. The van der Waals surface area contributed by atoms with Gasteiger partial charge in [-0.2, -0.15) is 0 Å². The molecule has 0 spiro atoms. The summed E-state index contributed by atoms with van der Waals surface area (Å²) >= 11 is 0. The van der Waals surface area contributed by atoms with E-state index in [0.29, 0.717) is 60.3 Å². The Morgan fingerprint density at radius 1 is 1.15 bits per heavy atom. The number of likely N-dealkylation sites (tertiary alicyclic amines) is 1. The predicted octanol–water partition coefficient (Wildman–Crippen LogP) is 6.09. The number of hydrogen-bond donors (Lipinski definition) is 2. The van der Waals surface area contributed by atoms with E-state index in [1.165, 1.54) is 24.3 Å². The Balaban J connectivity index is 1.34. The normalized spacial score (nSPS) is 24.7. The van der Waals surface area contributed by atoms with Crippen LogP contribution in [-0.4, -0.2) is 76.3 Å². The van der Waals surface area contributed by atoms with Gasteiger partial charge in [0.1, 0.15) is 29.2 Å². The van der Waals surface area contributed by atoms with Gasteiger partial charge >= 0.3 is 0 Å². The van der Waals surface area contributed by atoms with Gasteiger partial charge in [-0.15, -0.1) is 6.42 Å². The summed E-state index contributed by atoms with van der Waals surface area (Å²) in [6.45, 7) is 5.03. The lowest BCUT2D eigenvalue weighted by Crippen LogP contribution is -2.62. The number of piperazine rings is 1. The molecular weight excluding hydrogens is 610 g/mol. The zero-order valence-electron chi connectivity index (χ0n) is 26.2. The van der Waals surface area contributed by atoms with Gasteiger partial charge in [-0.3, -0.25) is 4.90 Å². The van der Waals surface area contributed by atoms with Crippen LogP contribution in [-0.2, 0) is 6.42 Å². The molecule has 8 rings (SSSR count). The van der Waals surface area contributed by atoms with Crippen molar-refractivity contribution in [3.05, 3.63) is 52.7 Å². The zero-order chi connectivity index (χ0) is 32.8. The number of fused-ring (bicyclic) bond motifs is 6. The van der Waals surface area contributed by atoms with Crippen LogP contribution < -0.4 is 15.0 Å². The molecule has 2 bridgehead atoms. The second-order valence-electron chi connectivity index (χ2n) is 13.5. The van der Waals surface area contributed by atoms with Crippen LogP contribution in [0.3, 0.4) is 0 Å². The van der Waals surface area contributed by atoms with Crippen molar-refractivity contribution in [2.45, 2.75) is 76.1 Å². The molecule has 4 aliphatic rings. The highest BCUT2D eigenvalue weighted by Gasteiger charge is 2.47. The monoisotopic (exact) mass is 645 g/mol. The first-order valence-electron chi connectivity index (χ1n) is 16.3. The molecule has 3 fully saturated rings. The number of aromatic hydroxyl groups is 1. The first-order chi connectivity index (χ1) is 22.5. The molecule has 3 saturated heterocycles. The fourth-order valence-corrected chi connectivity index (χ4v) is 8.34. The van der Waals surface area contributed by atoms with E-state index < -0.39 is 17.6 Å². The minimum atomic E-state index is -2.67. The maximum atomic E-state index is 17.3. The summed E-state index contributed by atoms with van der Waals surface area (Å²) in [5, 5.41) is 15.9. The number of terminal acetylenes is 1. The fraction of sp³-hybridized carbons (Fsp3) is 0.444. The Morgan fingerprint density at radius 2 is 1.98 bits per heavy atom. The number of phenols is 1. The number of aryl methyl sites for hydroxylation is 2. The van der Waals surface area contributed by atoms with E-state index in [9.17, 15) is 13.9 Å². The van der Waals surface area contributed by atoms with Gasteiger partial charge in [0.15, 0.2) is 5.82 Å². The minimum Gasteiger partial charge on any atom is -0.508 e. The quantitative estimate of drug-likeness (QED) is 0.201. The van der Waals surface area contributed by atoms with Crippen molar-refractivity contribution in [2.24, 2.45) is 0 Å². The summed E-state index contributed by atoms with van der Waals surface area (Å²) in [4.78, 5) is 13.9. The van der Waals surface area contributed by atoms with E-state index in [1.54, 1.807) is 4.90 Å². The molecule has 2 N–H and O–H groups in total. The first-order valence-corrected chi connectivity index (χ1v) is 16.3. The molecule has 0 unspecified atom stereocenters. The highest BCUT2D eigenvalue weighted by Crippen LogP contribution is 2.47. The molecule has 6 heterocycles. The Hall–Kier alpha value is -4.14. The number of benzene rings is 2. The zero-order valence-corrected chi connectivity index (χ0v) is 26.2. The number of nitrogens with one attached hydrogen (secondary N) is 1. The summed E-state index contributed by atoms with van der Waals surface area (Å²) in [6.07, 6.45) is 8.29. The topological polar surface area (TPSA) is 73.8 Å². The molecule has 0 radical (unpaired) electrons. The Kier molecular flexibility index (Phi) is 7.04. The van der Waals surface area contributed by atoms with Gasteiger partial charge in [-0.1, -0.05) is 12.0 Å². The van der Waals surface area contributed by atoms with Crippen molar-refractivity contribution < 1.29 is 27.4 Å². The van der Waals surface area contributed by atoms with E-state index >= 15 is 8.78 Å². The smallest absolute Gasteiger partial charge is 0.261 e. The molecule has 0 aliphatic carbocycles. The van der Waals surface area contributed by atoms with Gasteiger partial charge in [0, 0.05) is 53.6 Å². The Bertz CT molecular complexity index is 2000. The summed E-state index contributed by atoms with van der Waals surface area (Å²) in [7, 11) is 0. The summed E-state index contributed by atoms with van der Waals surface area (Å²) < 4.78 is 66.6. The third-order valence-corrected chi connectivity index (χ3v) is 10.5. The van der Waals surface area contributed by atoms with Crippen LogP contribution >= 0.6 is 0 Å². The van der Waals surface area contributed by atoms with Crippen LogP contribution in [0.5, 0.6) is 11.6 Å². The number of nitrogens with zero attached hydrogens (tertiary/aromatic N) is 4. The average Bonchev–Trinajstić information content (AvgIpc) is 3.55. The van der Waals surface area contributed by atoms with Gasteiger partial charge in [0.2, 0.25) is 5.88 Å². The maximum Gasteiger partial charge on any atom is 0.261 e. The van der Waals surface area contributed by atoms with E-state index in [2.05, 4.69) is 16.1 Å². The van der Waals surface area contributed by atoms with Crippen molar-refractivity contribution in [3.63, 3.8) is 0 Å². The van der Waals surface area contributed by atoms with E-state index in [0.717, 1.165) is 12.8 Å². The second kappa shape index (κ2) is 11.0.